The Morgan fingerprint density at radius 1 is 1.90 bits per heavy atom. The van der Waals surface area contributed by atoms with E-state index < -0.39 is 0 Å². The second-order valence-electron chi connectivity index (χ2n) is 2.29. The number of rotatable bonds is 4. The quantitative estimate of drug-likeness (QED) is 0.342. The molecular formula is C7H11NO2. The first-order valence-corrected chi connectivity index (χ1v) is 3.31. The number of ether oxygens (including phenoxy) is 1. The Labute approximate surface area is 60.1 Å². The first-order valence-electron chi connectivity index (χ1n) is 3.31. The number of carbonyl (C=O) groups is 1. The third-order valence-corrected chi connectivity index (χ3v) is 1.35. The maximum absolute atomic E-state index is 10.4. The molecule has 1 amide bonds. The van der Waals surface area contributed by atoms with Gasteiger partial charge in [-0.1, -0.05) is 6.08 Å². The predicted octanol–water partition coefficient (Wildman–Crippen LogP) is 0.0775. The molecule has 3 nitrogen and oxygen atoms in total. The fraction of sp³-hybridized carbons (Fsp3) is 0.571. The van der Waals surface area contributed by atoms with Crippen LogP contribution < -0.4 is 5.32 Å². The zero-order chi connectivity index (χ0) is 7.40. The Morgan fingerprint density at radius 2 is 2.60 bits per heavy atom. The van der Waals surface area contributed by atoms with E-state index in [-0.39, 0.29) is 11.9 Å². The number of nitrogens with one attached hydrogen (secondary N) is 1. The highest BCUT2D eigenvalue weighted by atomic mass is 16.5. The second-order valence-corrected chi connectivity index (χ2v) is 2.29. The highest BCUT2D eigenvalue weighted by Gasteiger charge is 2.24. The van der Waals surface area contributed by atoms with Gasteiger partial charge in [0.2, 0.25) is 5.91 Å². The van der Waals surface area contributed by atoms with Crippen molar-refractivity contribution in [2.75, 3.05) is 13.2 Å². The smallest absolute Gasteiger partial charge is 0.222 e. The van der Waals surface area contributed by atoms with Crippen LogP contribution in [-0.2, 0) is 9.53 Å². The lowest BCUT2D eigenvalue weighted by molar-refractivity contribution is -0.129. The summed E-state index contributed by atoms with van der Waals surface area (Å²) in [5, 5.41) is 2.70. The Kier molecular flexibility index (Phi) is 2.45. The minimum absolute atomic E-state index is 0.118. The Balaban J connectivity index is 1.95. The number of hydrogen-bond donors (Lipinski definition) is 1. The van der Waals surface area contributed by atoms with Gasteiger partial charge in [-0.05, 0) is 0 Å². The van der Waals surface area contributed by atoms with Crippen molar-refractivity contribution in [1.29, 1.82) is 0 Å². The third kappa shape index (κ3) is 1.84. The SMILES string of the molecule is C=CCOCC1CC(=O)N1. The summed E-state index contributed by atoms with van der Waals surface area (Å²) in [4.78, 5) is 10.4. The van der Waals surface area contributed by atoms with Crippen LogP contribution in [0.2, 0.25) is 0 Å². The van der Waals surface area contributed by atoms with Gasteiger partial charge in [0.15, 0.2) is 0 Å². The Morgan fingerprint density at radius 3 is 3.10 bits per heavy atom. The molecule has 0 aromatic heterocycles. The largest absolute Gasteiger partial charge is 0.375 e. The molecule has 56 valence electrons. The maximum atomic E-state index is 10.4. The van der Waals surface area contributed by atoms with Gasteiger partial charge in [0.1, 0.15) is 0 Å². The molecule has 3 heteroatoms. The summed E-state index contributed by atoms with van der Waals surface area (Å²) in [6, 6.07) is 0.243. The molecule has 1 aliphatic heterocycles. The molecule has 0 saturated carbocycles. The minimum Gasteiger partial charge on any atom is -0.375 e. The van der Waals surface area contributed by atoms with Crippen molar-refractivity contribution < 1.29 is 9.53 Å². The van der Waals surface area contributed by atoms with Crippen LogP contribution in [0.25, 0.3) is 0 Å². The molecule has 1 rings (SSSR count). The van der Waals surface area contributed by atoms with Crippen LogP contribution in [0.3, 0.4) is 0 Å². The second kappa shape index (κ2) is 3.37. The van der Waals surface area contributed by atoms with Gasteiger partial charge in [-0.25, -0.2) is 0 Å². The Bertz CT molecular complexity index is 137. The van der Waals surface area contributed by atoms with Gasteiger partial charge in [0.25, 0.3) is 0 Å². The molecule has 1 heterocycles. The fourth-order valence-corrected chi connectivity index (χ4v) is 0.825. The molecule has 1 saturated heterocycles. The maximum Gasteiger partial charge on any atom is 0.222 e. The van der Waals surface area contributed by atoms with E-state index in [4.69, 9.17) is 4.74 Å². The molecule has 0 spiro atoms. The van der Waals surface area contributed by atoms with Gasteiger partial charge in [0, 0.05) is 6.42 Å². The zero-order valence-electron chi connectivity index (χ0n) is 5.80. The average molecular weight is 141 g/mol. The molecule has 0 aromatic carbocycles. The zero-order valence-corrected chi connectivity index (χ0v) is 5.80. The summed E-state index contributed by atoms with van der Waals surface area (Å²) in [7, 11) is 0. The first kappa shape index (κ1) is 7.28. The summed E-state index contributed by atoms with van der Waals surface area (Å²) >= 11 is 0. The predicted molar refractivity (Wildman–Crippen MR) is 37.6 cm³/mol. The van der Waals surface area contributed by atoms with Crippen molar-refractivity contribution in [3.8, 4) is 0 Å². The molecule has 1 fully saturated rings. The number of amides is 1. The van der Waals surface area contributed by atoms with Crippen LogP contribution in [0.5, 0.6) is 0 Å². The van der Waals surface area contributed by atoms with Crippen molar-refractivity contribution in [2.24, 2.45) is 0 Å². The van der Waals surface area contributed by atoms with E-state index in [1.54, 1.807) is 6.08 Å². The molecule has 1 atom stereocenters. The molecule has 0 radical (unpaired) electrons. The Hall–Kier alpha value is -0.830. The van der Waals surface area contributed by atoms with Gasteiger partial charge >= 0.3 is 0 Å². The van der Waals surface area contributed by atoms with Crippen LogP contribution in [-0.4, -0.2) is 25.2 Å². The number of β-lactam (4-membered cyclic amide) rings is 1. The highest BCUT2D eigenvalue weighted by molar-refractivity contribution is 5.82. The van der Waals surface area contributed by atoms with Crippen molar-refractivity contribution in [3.05, 3.63) is 12.7 Å². The van der Waals surface area contributed by atoms with Gasteiger partial charge in [-0.15, -0.1) is 6.58 Å². The van der Waals surface area contributed by atoms with E-state index in [0.717, 1.165) is 0 Å². The average Bonchev–Trinajstić information content (AvgIpc) is 1.85. The third-order valence-electron chi connectivity index (χ3n) is 1.35. The highest BCUT2D eigenvalue weighted by Crippen LogP contribution is 2.03. The molecule has 0 aromatic rings. The summed E-state index contributed by atoms with van der Waals surface area (Å²) in [5.41, 5.74) is 0. The van der Waals surface area contributed by atoms with Crippen molar-refractivity contribution in [3.63, 3.8) is 0 Å². The topological polar surface area (TPSA) is 38.3 Å². The minimum atomic E-state index is 0.118. The number of carbonyl (C=O) groups excluding carboxylic acids is 1. The van der Waals surface area contributed by atoms with E-state index in [9.17, 15) is 4.79 Å². The van der Waals surface area contributed by atoms with Crippen LogP contribution in [0.4, 0.5) is 0 Å². The van der Waals surface area contributed by atoms with Crippen molar-refractivity contribution in [2.45, 2.75) is 12.5 Å². The summed E-state index contributed by atoms with van der Waals surface area (Å²) < 4.78 is 5.10. The molecule has 0 bridgehead atoms. The van der Waals surface area contributed by atoms with E-state index in [2.05, 4.69) is 11.9 Å². The number of hydrogen-bond acceptors (Lipinski definition) is 2. The lowest BCUT2D eigenvalue weighted by Gasteiger charge is -2.26. The molecule has 1 aliphatic rings. The van der Waals surface area contributed by atoms with E-state index in [0.29, 0.717) is 19.6 Å². The normalized spacial score (nSPS) is 23.2. The van der Waals surface area contributed by atoms with Crippen LogP contribution >= 0.6 is 0 Å². The lowest BCUT2D eigenvalue weighted by Crippen LogP contribution is -2.51. The lowest BCUT2D eigenvalue weighted by atomic mass is 10.1. The molecule has 0 aliphatic carbocycles. The van der Waals surface area contributed by atoms with Crippen LogP contribution in [0, 0.1) is 0 Å². The van der Waals surface area contributed by atoms with E-state index in [1.807, 2.05) is 0 Å². The van der Waals surface area contributed by atoms with Gasteiger partial charge in [-0.2, -0.15) is 0 Å². The molecule has 1 N–H and O–H groups in total. The van der Waals surface area contributed by atoms with Gasteiger partial charge < -0.3 is 10.1 Å². The molecular weight excluding hydrogens is 130 g/mol. The first-order chi connectivity index (χ1) is 4.83. The summed E-state index contributed by atoms with van der Waals surface area (Å²) in [5.74, 6) is 0.118. The standard InChI is InChI=1S/C7H11NO2/c1-2-3-10-5-6-4-7(9)8-6/h2,6H,1,3-5H2,(H,8,9). The fourth-order valence-electron chi connectivity index (χ4n) is 0.825. The molecule has 10 heavy (non-hydrogen) atoms. The van der Waals surface area contributed by atoms with Crippen LogP contribution in [0.1, 0.15) is 6.42 Å². The summed E-state index contributed by atoms with van der Waals surface area (Å²) in [6.07, 6.45) is 2.30. The van der Waals surface area contributed by atoms with Gasteiger partial charge in [0.05, 0.1) is 19.3 Å². The molecule has 1 unspecified atom stereocenters. The van der Waals surface area contributed by atoms with Crippen LogP contribution in [0.15, 0.2) is 12.7 Å². The monoisotopic (exact) mass is 141 g/mol. The van der Waals surface area contributed by atoms with E-state index in [1.165, 1.54) is 0 Å². The van der Waals surface area contributed by atoms with Crippen molar-refractivity contribution in [1.82, 2.24) is 5.32 Å². The van der Waals surface area contributed by atoms with Crippen molar-refractivity contribution >= 4 is 5.91 Å². The van der Waals surface area contributed by atoms with Gasteiger partial charge in [-0.3, -0.25) is 4.79 Å². The summed E-state index contributed by atoms with van der Waals surface area (Å²) in [6.45, 7) is 4.67. The van der Waals surface area contributed by atoms with E-state index >= 15 is 0 Å².